The lowest BCUT2D eigenvalue weighted by Crippen LogP contribution is -2.37. The molecule has 1 atom stereocenters. The second kappa shape index (κ2) is 9.01. The Morgan fingerprint density at radius 1 is 1.12 bits per heavy atom. The molecule has 1 saturated heterocycles. The van der Waals surface area contributed by atoms with Gasteiger partial charge in [0, 0.05) is 12.8 Å². The van der Waals surface area contributed by atoms with E-state index in [2.05, 4.69) is 6.92 Å². The van der Waals surface area contributed by atoms with Gasteiger partial charge in [-0.3, -0.25) is 0 Å². The standard InChI is InChI=1S/C21H32ClFOSi/c1-3-21(24-2)25-12-10-17(11-13-25)15-4-6-16(7-5-15)18-8-9-19(22)20(23)14-18/h8-9,14-17,21,25H,3-7,10-13H2,1-2H3/t15-,16-,17-,21?,25-. The average molecular weight is 383 g/mol. The number of rotatable bonds is 5. The van der Waals surface area contributed by atoms with E-state index in [9.17, 15) is 4.39 Å². The molecule has 1 aromatic rings. The Labute approximate surface area is 158 Å². The Morgan fingerprint density at radius 2 is 1.76 bits per heavy atom. The molecule has 2 fully saturated rings. The fourth-order valence-electron chi connectivity index (χ4n) is 5.37. The van der Waals surface area contributed by atoms with Gasteiger partial charge < -0.3 is 4.74 Å². The maximum Gasteiger partial charge on any atom is 0.142 e. The number of hydrogen-bond acceptors (Lipinski definition) is 1. The van der Waals surface area contributed by atoms with Crippen LogP contribution in [0.1, 0.15) is 63.4 Å². The minimum atomic E-state index is -0.682. The molecule has 0 radical (unpaired) electrons. The molecule has 1 nitrogen and oxygen atoms in total. The van der Waals surface area contributed by atoms with E-state index in [0.717, 1.165) is 17.4 Å². The van der Waals surface area contributed by atoms with Crippen LogP contribution in [0.4, 0.5) is 4.39 Å². The molecule has 0 aromatic heterocycles. The number of hydrogen-bond donors (Lipinski definition) is 0. The van der Waals surface area contributed by atoms with Crippen LogP contribution in [0.5, 0.6) is 0 Å². The molecule has 0 bridgehead atoms. The molecular weight excluding hydrogens is 351 g/mol. The van der Waals surface area contributed by atoms with E-state index >= 15 is 0 Å². The highest BCUT2D eigenvalue weighted by Crippen LogP contribution is 2.44. The first-order valence-corrected chi connectivity index (χ1v) is 12.8. The van der Waals surface area contributed by atoms with Gasteiger partial charge in [-0.15, -0.1) is 0 Å². The molecule has 1 unspecified atom stereocenters. The van der Waals surface area contributed by atoms with Crippen molar-refractivity contribution in [3.8, 4) is 0 Å². The van der Waals surface area contributed by atoms with E-state index in [1.807, 2.05) is 13.2 Å². The summed E-state index contributed by atoms with van der Waals surface area (Å²) in [6.07, 6.45) is 9.10. The van der Waals surface area contributed by atoms with Gasteiger partial charge in [0.05, 0.1) is 13.8 Å². The van der Waals surface area contributed by atoms with Crippen molar-refractivity contribution in [2.75, 3.05) is 7.11 Å². The highest BCUT2D eigenvalue weighted by molar-refractivity contribution is 6.60. The summed E-state index contributed by atoms with van der Waals surface area (Å²) >= 11 is 5.82. The quantitative estimate of drug-likeness (QED) is 0.538. The van der Waals surface area contributed by atoms with Crippen LogP contribution in [0.15, 0.2) is 18.2 Å². The van der Waals surface area contributed by atoms with Gasteiger partial charge in [0.25, 0.3) is 0 Å². The first kappa shape index (κ1) is 19.4. The smallest absolute Gasteiger partial charge is 0.142 e. The van der Waals surface area contributed by atoms with Crippen molar-refractivity contribution >= 4 is 20.4 Å². The lowest BCUT2D eigenvalue weighted by molar-refractivity contribution is 0.152. The second-order valence-electron chi connectivity index (χ2n) is 8.14. The average Bonchev–Trinajstić information content (AvgIpc) is 2.66. The van der Waals surface area contributed by atoms with Crippen LogP contribution < -0.4 is 0 Å². The van der Waals surface area contributed by atoms with Crippen LogP contribution >= 0.6 is 11.6 Å². The van der Waals surface area contributed by atoms with E-state index in [-0.39, 0.29) is 10.8 Å². The highest BCUT2D eigenvalue weighted by Gasteiger charge is 2.33. The van der Waals surface area contributed by atoms with Gasteiger partial charge in [-0.05, 0) is 67.6 Å². The van der Waals surface area contributed by atoms with Crippen molar-refractivity contribution < 1.29 is 9.13 Å². The van der Waals surface area contributed by atoms with Crippen LogP contribution in [0.3, 0.4) is 0 Å². The number of methoxy groups -OCH3 is 1. The van der Waals surface area contributed by atoms with Gasteiger partial charge >= 0.3 is 0 Å². The third-order valence-corrected chi connectivity index (χ3v) is 11.2. The zero-order valence-electron chi connectivity index (χ0n) is 15.6. The Balaban J connectivity index is 1.49. The summed E-state index contributed by atoms with van der Waals surface area (Å²) in [6, 6.07) is 8.32. The predicted molar refractivity (Wildman–Crippen MR) is 107 cm³/mol. The van der Waals surface area contributed by atoms with Gasteiger partial charge in [-0.25, -0.2) is 4.39 Å². The Bertz CT molecular complexity index is 547. The number of ether oxygens (including phenoxy) is 1. The summed E-state index contributed by atoms with van der Waals surface area (Å²) in [5.41, 5.74) is 1.74. The molecule has 0 spiro atoms. The second-order valence-corrected chi connectivity index (χ2v) is 12.0. The molecule has 1 aromatic carbocycles. The topological polar surface area (TPSA) is 9.23 Å². The Morgan fingerprint density at radius 3 is 2.32 bits per heavy atom. The molecule has 3 rings (SSSR count). The van der Waals surface area contributed by atoms with Crippen molar-refractivity contribution in [2.45, 2.75) is 75.6 Å². The van der Waals surface area contributed by atoms with Crippen LogP contribution in [0, 0.1) is 17.7 Å². The van der Waals surface area contributed by atoms with Crippen LogP contribution in [0.2, 0.25) is 17.1 Å². The monoisotopic (exact) mass is 382 g/mol. The summed E-state index contributed by atoms with van der Waals surface area (Å²) in [4.78, 5) is 0. The summed E-state index contributed by atoms with van der Waals surface area (Å²) in [7, 11) is 1.21. The number of benzene rings is 1. The van der Waals surface area contributed by atoms with Gasteiger partial charge in [0.15, 0.2) is 0 Å². The van der Waals surface area contributed by atoms with E-state index in [1.165, 1.54) is 57.0 Å². The van der Waals surface area contributed by atoms with Crippen LogP contribution in [-0.4, -0.2) is 21.6 Å². The van der Waals surface area contributed by atoms with Crippen molar-refractivity contribution in [3.05, 3.63) is 34.6 Å². The van der Waals surface area contributed by atoms with Crippen molar-refractivity contribution in [1.29, 1.82) is 0 Å². The van der Waals surface area contributed by atoms with E-state index < -0.39 is 8.80 Å². The molecule has 0 N–H and O–H groups in total. The fourth-order valence-corrected chi connectivity index (χ4v) is 9.28. The van der Waals surface area contributed by atoms with Crippen molar-refractivity contribution in [1.82, 2.24) is 0 Å². The molecule has 1 heterocycles. The third-order valence-electron chi connectivity index (χ3n) is 6.90. The lowest BCUT2D eigenvalue weighted by atomic mass is 9.72. The van der Waals surface area contributed by atoms with Gasteiger partial charge in [0.1, 0.15) is 5.82 Å². The third kappa shape index (κ3) is 4.67. The molecular formula is C21H32ClFOSi. The molecule has 0 amide bonds. The first-order valence-electron chi connectivity index (χ1n) is 10.1. The lowest BCUT2D eigenvalue weighted by Gasteiger charge is -2.39. The molecule has 2 aliphatic rings. The van der Waals surface area contributed by atoms with Gasteiger partial charge in [0.2, 0.25) is 0 Å². The summed E-state index contributed by atoms with van der Waals surface area (Å²) < 4.78 is 19.4. The maximum atomic E-state index is 13.7. The predicted octanol–water partition coefficient (Wildman–Crippen LogP) is 6.35. The largest absolute Gasteiger partial charge is 0.385 e. The number of halogens is 2. The van der Waals surface area contributed by atoms with E-state index in [0.29, 0.717) is 11.6 Å². The highest BCUT2D eigenvalue weighted by atomic mass is 35.5. The minimum absolute atomic E-state index is 0.236. The zero-order valence-corrected chi connectivity index (χ0v) is 17.6. The summed E-state index contributed by atoms with van der Waals surface area (Å²) in [6.45, 7) is 2.27. The molecule has 140 valence electrons. The summed E-state index contributed by atoms with van der Waals surface area (Å²) in [5.74, 6) is 2.08. The van der Waals surface area contributed by atoms with Gasteiger partial charge in [-0.1, -0.05) is 49.5 Å². The Kier molecular flexibility index (Phi) is 6.98. The van der Waals surface area contributed by atoms with Crippen molar-refractivity contribution in [3.63, 3.8) is 0 Å². The summed E-state index contributed by atoms with van der Waals surface area (Å²) in [5, 5.41) is 0.236. The van der Waals surface area contributed by atoms with E-state index in [4.69, 9.17) is 16.3 Å². The maximum absolute atomic E-state index is 13.7. The normalized spacial score (nSPS) is 31.7. The first-order chi connectivity index (χ1) is 12.1. The van der Waals surface area contributed by atoms with E-state index in [1.54, 1.807) is 12.1 Å². The minimum Gasteiger partial charge on any atom is -0.385 e. The zero-order chi connectivity index (χ0) is 17.8. The molecule has 4 heteroatoms. The van der Waals surface area contributed by atoms with Crippen molar-refractivity contribution in [2.24, 2.45) is 11.8 Å². The molecule has 25 heavy (non-hydrogen) atoms. The SMILES string of the molecule is CCC(OC)[Si@H]1CC[C@H]([C@H]2CC[C@H](c3ccc(Cl)c(F)c3)CC2)CC1. The fraction of sp³-hybridized carbons (Fsp3) is 0.714. The van der Waals surface area contributed by atoms with Gasteiger partial charge in [-0.2, -0.15) is 0 Å². The molecule has 1 saturated carbocycles. The Hall–Kier alpha value is -0.383. The molecule has 1 aliphatic carbocycles. The van der Waals surface area contributed by atoms with Crippen LogP contribution in [-0.2, 0) is 4.74 Å². The molecule has 1 aliphatic heterocycles. The van der Waals surface area contributed by atoms with Crippen LogP contribution in [0.25, 0.3) is 0 Å².